The number of hydrogen-bond donors (Lipinski definition) is 2. The Morgan fingerprint density at radius 3 is 1.76 bits per heavy atom. The summed E-state index contributed by atoms with van der Waals surface area (Å²) >= 11 is 0. The van der Waals surface area contributed by atoms with Crippen LogP contribution in [0.3, 0.4) is 0 Å². The smallest absolute Gasteiger partial charge is 0.407 e. The van der Waals surface area contributed by atoms with Crippen molar-refractivity contribution in [1.82, 2.24) is 29.1 Å². The predicted octanol–water partition coefficient (Wildman–Crippen LogP) is 2.63. The molecule has 0 spiro atoms. The Kier molecular flexibility index (Phi) is 13.8. The maximum atomic E-state index is 14.1. The molecule has 2 N–H and O–H groups in total. The summed E-state index contributed by atoms with van der Waals surface area (Å²) in [5, 5.41) is 28.8. The summed E-state index contributed by atoms with van der Waals surface area (Å²) in [6.45, 7) is 3.82. The van der Waals surface area contributed by atoms with Crippen molar-refractivity contribution in [3.8, 4) is 0 Å². The number of amides is 2. The van der Waals surface area contributed by atoms with Crippen LogP contribution in [0.1, 0.15) is 38.6 Å². The minimum atomic E-state index is -4.54. The summed E-state index contributed by atoms with van der Waals surface area (Å²) in [6, 6.07) is 14.4. The molecule has 54 heavy (non-hydrogen) atoms. The molecule has 2 heterocycles. The van der Waals surface area contributed by atoms with Gasteiger partial charge in [-0.3, -0.25) is 34.9 Å². The number of ether oxygens (including phenoxy) is 1. The van der Waals surface area contributed by atoms with Crippen molar-refractivity contribution < 1.29 is 41.0 Å². The first-order valence-electron chi connectivity index (χ1n) is 16.8. The molecule has 292 valence electrons. The zero-order valence-electron chi connectivity index (χ0n) is 29.9. The van der Waals surface area contributed by atoms with Crippen molar-refractivity contribution in [3.05, 3.63) is 98.3 Å². The van der Waals surface area contributed by atoms with E-state index in [1.807, 2.05) is 0 Å². The highest BCUT2D eigenvalue weighted by Gasteiger charge is 2.34. The van der Waals surface area contributed by atoms with E-state index in [4.69, 9.17) is 4.74 Å². The zero-order valence-corrected chi connectivity index (χ0v) is 31.5. The molecule has 19 nitrogen and oxygen atoms in total. The third-order valence-corrected chi connectivity index (χ3v) is 11.7. The lowest BCUT2D eigenvalue weighted by Crippen LogP contribution is -2.45. The highest BCUT2D eigenvalue weighted by Crippen LogP contribution is 2.29. The van der Waals surface area contributed by atoms with E-state index in [1.165, 1.54) is 36.4 Å². The summed E-state index contributed by atoms with van der Waals surface area (Å²) in [5.74, 6) is -0.490. The van der Waals surface area contributed by atoms with E-state index >= 15 is 0 Å². The second-order valence-corrected chi connectivity index (χ2v) is 17.0. The molecule has 2 bridgehead atoms. The molecule has 0 aliphatic carbocycles. The lowest BCUT2D eigenvalue weighted by Gasteiger charge is -2.27. The van der Waals surface area contributed by atoms with Crippen molar-refractivity contribution in [2.75, 3.05) is 45.8 Å². The molecule has 0 atom stereocenters. The van der Waals surface area contributed by atoms with Gasteiger partial charge in [-0.1, -0.05) is 30.3 Å². The molecule has 0 unspecified atom stereocenters. The number of pyridine rings is 1. The van der Waals surface area contributed by atoms with Crippen molar-refractivity contribution in [3.63, 3.8) is 0 Å². The van der Waals surface area contributed by atoms with Gasteiger partial charge in [-0.25, -0.2) is 21.6 Å². The van der Waals surface area contributed by atoms with Gasteiger partial charge in [-0.05, 0) is 58.0 Å². The van der Waals surface area contributed by atoms with Crippen molar-refractivity contribution in [1.29, 1.82) is 0 Å². The number of carbonyl (C=O) groups is 2. The first kappa shape index (κ1) is 41.7. The summed E-state index contributed by atoms with van der Waals surface area (Å²) in [6.07, 6.45) is -0.569. The number of nitro groups is 2. The normalized spacial score (nSPS) is 15.5. The van der Waals surface area contributed by atoms with Crippen molar-refractivity contribution in [2.45, 2.75) is 55.7 Å². The second kappa shape index (κ2) is 17.8. The van der Waals surface area contributed by atoms with Crippen LogP contribution in [0.2, 0.25) is 0 Å². The standard InChI is InChI=1S/C33H42N8O11S2/c1-33(2,3)52-32(43)35-17-16-34-31(42)24-37-18-9-19-38(53(48,49)29-14-6-4-12-27(29)40(44)45)22-25-10-8-11-26(36-25)23-39(21-20-37)54(50,51)30-15-7-5-13-28(30)41(46)47/h4-8,10-15H,9,16-24H2,1-3H3,(H,34,42)(H,35,43). The average Bonchev–Trinajstić information content (AvgIpc) is 3.11. The number of carbonyl (C=O) groups excluding carboxylic acids is 2. The van der Waals surface area contributed by atoms with E-state index in [1.54, 1.807) is 31.7 Å². The van der Waals surface area contributed by atoms with Crippen LogP contribution in [-0.2, 0) is 42.7 Å². The van der Waals surface area contributed by atoms with Gasteiger partial charge in [0.1, 0.15) is 5.60 Å². The number of nitrogens with one attached hydrogen (secondary N) is 2. The molecular formula is C33H42N8O11S2. The number of benzene rings is 2. The number of rotatable bonds is 11. The van der Waals surface area contributed by atoms with Crippen LogP contribution in [0.4, 0.5) is 16.2 Å². The molecule has 0 saturated carbocycles. The fourth-order valence-corrected chi connectivity index (χ4v) is 8.67. The fourth-order valence-electron chi connectivity index (χ4n) is 5.50. The van der Waals surface area contributed by atoms with Crippen molar-refractivity contribution >= 4 is 43.4 Å². The Balaban J connectivity index is 1.66. The number of para-hydroxylation sites is 2. The lowest BCUT2D eigenvalue weighted by atomic mass is 10.2. The van der Waals surface area contributed by atoms with Gasteiger partial charge in [0.25, 0.3) is 11.4 Å². The number of hydrogen-bond acceptors (Lipinski definition) is 13. The van der Waals surface area contributed by atoms with E-state index in [-0.39, 0.29) is 76.7 Å². The van der Waals surface area contributed by atoms with Gasteiger partial charge < -0.3 is 15.4 Å². The number of nitro benzene ring substituents is 2. The van der Waals surface area contributed by atoms with E-state index in [0.717, 1.165) is 32.9 Å². The van der Waals surface area contributed by atoms with Crippen LogP contribution in [0, 0.1) is 20.2 Å². The minimum absolute atomic E-state index is 0.0350. The maximum Gasteiger partial charge on any atom is 0.407 e. The monoisotopic (exact) mass is 790 g/mol. The fraction of sp³-hybridized carbons (Fsp3) is 0.424. The van der Waals surface area contributed by atoms with E-state index in [0.29, 0.717) is 0 Å². The summed E-state index contributed by atoms with van der Waals surface area (Å²) < 4.78 is 63.4. The molecule has 1 aliphatic rings. The largest absolute Gasteiger partial charge is 0.444 e. The minimum Gasteiger partial charge on any atom is -0.444 e. The Bertz CT molecular complexity index is 2080. The Labute approximate surface area is 312 Å². The molecule has 21 heteroatoms. The molecule has 1 aliphatic heterocycles. The summed E-state index contributed by atoms with van der Waals surface area (Å²) in [5.41, 5.74) is -1.55. The van der Waals surface area contributed by atoms with Gasteiger partial charge in [0, 0.05) is 44.9 Å². The van der Waals surface area contributed by atoms with Gasteiger partial charge in [-0.2, -0.15) is 8.61 Å². The molecule has 2 aromatic carbocycles. The SMILES string of the molecule is CC(C)(C)OC(=O)NCCNC(=O)CN1CCCN(S(=O)(=O)c2ccccc2[N+](=O)[O-])Cc2cccc(n2)CN(S(=O)(=O)c2ccccc2[N+](=O)[O-])CC1. The number of alkyl carbamates (subject to hydrolysis) is 1. The van der Waals surface area contributed by atoms with Gasteiger partial charge in [-0.15, -0.1) is 0 Å². The Morgan fingerprint density at radius 1 is 0.741 bits per heavy atom. The lowest BCUT2D eigenvalue weighted by molar-refractivity contribution is -0.388. The van der Waals surface area contributed by atoms with Crippen molar-refractivity contribution in [2.24, 2.45) is 0 Å². The molecule has 0 radical (unpaired) electrons. The summed E-state index contributed by atoms with van der Waals surface area (Å²) in [4.78, 5) is 52.1. The number of aromatic nitrogens is 1. The number of nitrogens with zero attached hydrogens (tertiary/aromatic N) is 6. The molecule has 0 saturated heterocycles. The zero-order chi connectivity index (χ0) is 39.7. The number of sulfonamides is 2. The quantitative estimate of drug-likeness (QED) is 0.161. The van der Waals surface area contributed by atoms with E-state index in [2.05, 4.69) is 15.6 Å². The highest BCUT2D eigenvalue weighted by molar-refractivity contribution is 7.89. The van der Waals surface area contributed by atoms with Crippen LogP contribution in [0.5, 0.6) is 0 Å². The second-order valence-electron chi connectivity index (χ2n) is 13.2. The van der Waals surface area contributed by atoms with Crippen LogP contribution < -0.4 is 10.6 Å². The van der Waals surface area contributed by atoms with Crippen LogP contribution in [-0.4, -0.2) is 109 Å². The molecule has 1 aromatic heterocycles. The maximum absolute atomic E-state index is 14.1. The average molecular weight is 791 g/mol. The Hall–Kier alpha value is -5.09. The molecule has 4 rings (SSSR count). The molecular weight excluding hydrogens is 749 g/mol. The topological polar surface area (TPSA) is 245 Å². The molecule has 3 aromatic rings. The van der Waals surface area contributed by atoms with Crippen LogP contribution in [0.25, 0.3) is 0 Å². The first-order chi connectivity index (χ1) is 25.4. The van der Waals surface area contributed by atoms with Gasteiger partial charge in [0.05, 0.1) is 40.9 Å². The predicted molar refractivity (Wildman–Crippen MR) is 194 cm³/mol. The van der Waals surface area contributed by atoms with Gasteiger partial charge in [0.15, 0.2) is 9.79 Å². The first-order valence-corrected chi connectivity index (χ1v) is 19.6. The molecule has 0 fully saturated rings. The molecule has 2 amide bonds. The van der Waals surface area contributed by atoms with E-state index < -0.39 is 68.7 Å². The van der Waals surface area contributed by atoms with E-state index in [9.17, 15) is 46.7 Å². The Morgan fingerprint density at radius 2 is 1.24 bits per heavy atom. The summed E-state index contributed by atoms with van der Waals surface area (Å²) in [7, 11) is -9.02. The third-order valence-electron chi connectivity index (χ3n) is 7.93. The third kappa shape index (κ3) is 11.2. The van der Waals surface area contributed by atoms with Gasteiger partial charge >= 0.3 is 6.09 Å². The highest BCUT2D eigenvalue weighted by atomic mass is 32.2. The van der Waals surface area contributed by atoms with Crippen LogP contribution in [0.15, 0.2) is 76.5 Å². The number of fused-ring (bicyclic) bond motifs is 2. The van der Waals surface area contributed by atoms with Crippen LogP contribution >= 0.6 is 0 Å². The van der Waals surface area contributed by atoms with Gasteiger partial charge in [0.2, 0.25) is 26.0 Å².